The van der Waals surface area contributed by atoms with Crippen molar-refractivity contribution in [3.8, 4) is 0 Å². The summed E-state index contributed by atoms with van der Waals surface area (Å²) in [7, 11) is 2.55. The number of esters is 1. The van der Waals surface area contributed by atoms with Crippen molar-refractivity contribution in [2.24, 2.45) is 0 Å². The first-order valence-corrected chi connectivity index (χ1v) is 5.60. The van der Waals surface area contributed by atoms with Crippen molar-refractivity contribution in [2.75, 3.05) is 20.8 Å². The van der Waals surface area contributed by atoms with Gasteiger partial charge in [0.15, 0.2) is 0 Å². The normalized spacial score (nSPS) is 12.5. The van der Waals surface area contributed by atoms with Crippen molar-refractivity contribution in [3.05, 3.63) is 0 Å². The molecule has 0 heterocycles. The number of carbonyl (C=O) groups excluding carboxylic acids is 2. The van der Waals surface area contributed by atoms with Gasteiger partial charge in [-0.2, -0.15) is 0 Å². The number of likely N-dealkylation sites (N-methyl/N-ethyl adjacent to an activating group) is 1. The number of carboxylic acid groups (broad SMARTS) is 1. The smallest absolute Gasteiger partial charge is 0.326 e. The minimum absolute atomic E-state index is 0.286. The number of nitrogens with zero attached hydrogens (tertiary/aromatic N) is 1. The number of hydrogen-bond donors (Lipinski definition) is 3. The van der Waals surface area contributed by atoms with E-state index in [0.717, 1.165) is 7.11 Å². The second-order valence-electron chi connectivity index (χ2n) is 4.65. The number of urea groups is 1. The molecule has 0 radical (unpaired) electrons. The van der Waals surface area contributed by atoms with Gasteiger partial charge in [-0.05, 0) is 13.8 Å². The number of carbonyl (C=O) groups is 3. The van der Waals surface area contributed by atoms with E-state index in [1.807, 2.05) is 0 Å². The lowest BCUT2D eigenvalue weighted by Crippen LogP contribution is -2.55. The molecule has 0 aliphatic carbocycles. The van der Waals surface area contributed by atoms with Crippen LogP contribution in [0.1, 0.15) is 20.3 Å². The molecule has 110 valence electrons. The van der Waals surface area contributed by atoms with Gasteiger partial charge in [0.25, 0.3) is 0 Å². The molecule has 8 nitrogen and oxygen atoms in total. The Morgan fingerprint density at radius 1 is 1.37 bits per heavy atom. The monoisotopic (exact) mass is 276 g/mol. The summed E-state index contributed by atoms with van der Waals surface area (Å²) >= 11 is 0. The standard InChI is InChI=1S/C11H20N2O6/c1-11(2,6-14)13(3)10(18)12-7(9(16)17)5-8(15)19-4/h7,14H,5-6H2,1-4H3,(H,12,18)(H,16,17)/t7-/m0/s1. The Balaban J connectivity index is 4.73. The molecule has 0 aliphatic heterocycles. The minimum atomic E-state index is -1.38. The average Bonchev–Trinajstić information content (AvgIpc) is 2.36. The van der Waals surface area contributed by atoms with Crippen LogP contribution < -0.4 is 5.32 Å². The molecule has 8 heteroatoms. The summed E-state index contributed by atoms with van der Waals surface area (Å²) in [5.74, 6) is -2.08. The molecular formula is C11H20N2O6. The Kier molecular flexibility index (Phi) is 6.26. The number of aliphatic carboxylic acids is 1. The van der Waals surface area contributed by atoms with Gasteiger partial charge in [-0.25, -0.2) is 9.59 Å². The minimum Gasteiger partial charge on any atom is -0.480 e. The fourth-order valence-corrected chi connectivity index (χ4v) is 1.08. The largest absolute Gasteiger partial charge is 0.480 e. The molecule has 0 aromatic carbocycles. The Morgan fingerprint density at radius 3 is 2.26 bits per heavy atom. The molecule has 0 aromatic rings. The molecular weight excluding hydrogens is 256 g/mol. The third-order valence-corrected chi connectivity index (χ3v) is 2.79. The Morgan fingerprint density at radius 2 is 1.89 bits per heavy atom. The van der Waals surface area contributed by atoms with Crippen molar-refractivity contribution < 1.29 is 29.3 Å². The number of ether oxygens (including phenoxy) is 1. The van der Waals surface area contributed by atoms with E-state index < -0.39 is 36.0 Å². The zero-order valence-electron chi connectivity index (χ0n) is 11.5. The van der Waals surface area contributed by atoms with Crippen molar-refractivity contribution in [3.63, 3.8) is 0 Å². The zero-order chi connectivity index (χ0) is 15.2. The summed E-state index contributed by atoms with van der Waals surface area (Å²) in [6.07, 6.45) is -0.467. The lowest BCUT2D eigenvalue weighted by atomic mass is 10.1. The molecule has 0 saturated heterocycles. The highest BCUT2D eigenvalue weighted by Crippen LogP contribution is 2.11. The van der Waals surface area contributed by atoms with Crippen LogP contribution in [0.5, 0.6) is 0 Å². The molecule has 3 N–H and O–H groups in total. The predicted octanol–water partition coefficient (Wildman–Crippen LogP) is -0.585. The third kappa shape index (κ3) is 5.12. The molecule has 0 unspecified atom stereocenters. The molecule has 0 bridgehead atoms. The quantitative estimate of drug-likeness (QED) is 0.559. The van der Waals surface area contributed by atoms with Gasteiger partial charge in [-0.1, -0.05) is 0 Å². The summed E-state index contributed by atoms with van der Waals surface area (Å²) in [5, 5.41) is 20.2. The van der Waals surface area contributed by atoms with E-state index in [1.54, 1.807) is 13.8 Å². The number of carboxylic acids is 1. The first-order chi connectivity index (χ1) is 8.65. The number of aliphatic hydroxyl groups is 1. The van der Waals surface area contributed by atoms with Crippen LogP contribution in [-0.4, -0.2) is 65.4 Å². The summed E-state index contributed by atoms with van der Waals surface area (Å²) < 4.78 is 4.35. The second-order valence-corrected chi connectivity index (χ2v) is 4.65. The van der Waals surface area contributed by atoms with Gasteiger partial charge >= 0.3 is 18.0 Å². The highest BCUT2D eigenvalue weighted by molar-refractivity contribution is 5.86. The molecule has 0 fully saturated rings. The van der Waals surface area contributed by atoms with E-state index >= 15 is 0 Å². The topological polar surface area (TPSA) is 116 Å². The number of amides is 2. The molecule has 2 amide bonds. The first-order valence-electron chi connectivity index (χ1n) is 5.60. The molecule has 19 heavy (non-hydrogen) atoms. The molecule has 0 spiro atoms. The van der Waals surface area contributed by atoms with Crippen LogP contribution in [0.4, 0.5) is 4.79 Å². The lowest BCUT2D eigenvalue weighted by molar-refractivity contribution is -0.147. The van der Waals surface area contributed by atoms with Crippen LogP contribution in [0.25, 0.3) is 0 Å². The van der Waals surface area contributed by atoms with Crippen LogP contribution in [0, 0.1) is 0 Å². The van der Waals surface area contributed by atoms with E-state index in [1.165, 1.54) is 11.9 Å². The fourth-order valence-electron chi connectivity index (χ4n) is 1.08. The average molecular weight is 276 g/mol. The van der Waals surface area contributed by atoms with Gasteiger partial charge in [0.2, 0.25) is 0 Å². The van der Waals surface area contributed by atoms with Gasteiger partial charge in [-0.15, -0.1) is 0 Å². The number of nitrogens with one attached hydrogen (secondary N) is 1. The molecule has 0 aliphatic rings. The van der Waals surface area contributed by atoms with Crippen LogP contribution in [-0.2, 0) is 14.3 Å². The Labute approximate surface area is 111 Å². The Hall–Kier alpha value is -1.83. The van der Waals surface area contributed by atoms with Crippen molar-refractivity contribution in [2.45, 2.75) is 31.8 Å². The van der Waals surface area contributed by atoms with Crippen molar-refractivity contribution in [1.29, 1.82) is 0 Å². The number of rotatable bonds is 6. The van der Waals surface area contributed by atoms with Crippen LogP contribution in [0.15, 0.2) is 0 Å². The maximum absolute atomic E-state index is 11.8. The highest BCUT2D eigenvalue weighted by atomic mass is 16.5. The predicted molar refractivity (Wildman–Crippen MR) is 65.5 cm³/mol. The summed E-state index contributed by atoms with van der Waals surface area (Å²) in [4.78, 5) is 35.0. The van der Waals surface area contributed by atoms with Gasteiger partial charge in [0, 0.05) is 7.05 Å². The number of methoxy groups -OCH3 is 1. The maximum Gasteiger partial charge on any atom is 0.326 e. The molecule has 0 rings (SSSR count). The summed E-state index contributed by atoms with van der Waals surface area (Å²) in [6, 6.07) is -2.08. The van der Waals surface area contributed by atoms with Gasteiger partial charge in [0.1, 0.15) is 6.04 Å². The van der Waals surface area contributed by atoms with E-state index in [4.69, 9.17) is 10.2 Å². The number of hydrogen-bond acceptors (Lipinski definition) is 5. The third-order valence-electron chi connectivity index (χ3n) is 2.79. The van der Waals surface area contributed by atoms with Crippen LogP contribution in [0.3, 0.4) is 0 Å². The SMILES string of the molecule is COC(=O)C[C@H](NC(=O)N(C)C(C)(C)CO)C(=O)O. The summed E-state index contributed by atoms with van der Waals surface area (Å²) in [5.41, 5.74) is -0.849. The van der Waals surface area contributed by atoms with E-state index in [0.29, 0.717) is 0 Å². The highest BCUT2D eigenvalue weighted by Gasteiger charge is 2.30. The van der Waals surface area contributed by atoms with Gasteiger partial charge in [-0.3, -0.25) is 4.79 Å². The summed E-state index contributed by atoms with van der Waals surface area (Å²) in [6.45, 7) is 2.94. The molecule has 1 atom stereocenters. The van der Waals surface area contributed by atoms with Gasteiger partial charge < -0.3 is 25.2 Å². The number of aliphatic hydroxyl groups excluding tert-OH is 1. The second kappa shape index (κ2) is 6.93. The molecule has 0 saturated carbocycles. The van der Waals surface area contributed by atoms with E-state index in [9.17, 15) is 14.4 Å². The zero-order valence-corrected chi connectivity index (χ0v) is 11.5. The first kappa shape index (κ1) is 17.2. The van der Waals surface area contributed by atoms with Crippen LogP contribution >= 0.6 is 0 Å². The van der Waals surface area contributed by atoms with Crippen LogP contribution in [0.2, 0.25) is 0 Å². The van der Waals surface area contributed by atoms with Crippen molar-refractivity contribution >= 4 is 18.0 Å². The van der Waals surface area contributed by atoms with Crippen molar-refractivity contribution in [1.82, 2.24) is 10.2 Å². The van der Waals surface area contributed by atoms with Gasteiger partial charge in [0.05, 0.1) is 25.7 Å². The lowest BCUT2D eigenvalue weighted by Gasteiger charge is -2.34. The van der Waals surface area contributed by atoms with E-state index in [-0.39, 0.29) is 6.61 Å². The fraction of sp³-hybridized carbons (Fsp3) is 0.727. The maximum atomic E-state index is 11.8. The van der Waals surface area contributed by atoms with E-state index in [2.05, 4.69) is 10.1 Å². The Bertz CT molecular complexity index is 355. The molecule has 0 aromatic heterocycles.